The summed E-state index contributed by atoms with van der Waals surface area (Å²) in [5.74, 6) is 0. The Hall–Kier alpha value is -3.46. The molecule has 3 nitrogen and oxygen atoms in total. The maximum Gasteiger partial charge on any atom is 0.0526 e. The molecule has 6 rings (SSSR count). The molecule has 0 unspecified atom stereocenters. The van der Waals surface area contributed by atoms with E-state index in [1.54, 1.807) is 0 Å². The quantitative estimate of drug-likeness (QED) is 0.168. The molecule has 3 aromatic heterocycles. The van der Waals surface area contributed by atoms with E-state index < -0.39 is 0 Å². The van der Waals surface area contributed by atoms with Crippen molar-refractivity contribution < 1.29 is 20.1 Å². The van der Waals surface area contributed by atoms with Crippen molar-refractivity contribution in [2.75, 3.05) is 0 Å². The third-order valence-corrected chi connectivity index (χ3v) is 9.34. The van der Waals surface area contributed by atoms with Crippen LogP contribution in [-0.4, -0.2) is 15.0 Å². The van der Waals surface area contributed by atoms with Crippen molar-refractivity contribution in [3.05, 3.63) is 125 Å². The summed E-state index contributed by atoms with van der Waals surface area (Å²) < 4.78 is 0. The van der Waals surface area contributed by atoms with Gasteiger partial charge in [-0.3, -0.25) is 4.98 Å². The van der Waals surface area contributed by atoms with Gasteiger partial charge in [-0.05, 0) is 71.8 Å². The van der Waals surface area contributed by atoms with E-state index in [1.165, 1.54) is 39.1 Å². The number of hydrogen-bond donors (Lipinski definition) is 0. The average Bonchev–Trinajstić information content (AvgIpc) is 2.98. The Morgan fingerprint density at radius 2 is 1.45 bits per heavy atom. The van der Waals surface area contributed by atoms with Crippen LogP contribution in [0.25, 0.3) is 33.6 Å². The molecule has 0 spiro atoms. The van der Waals surface area contributed by atoms with Crippen LogP contribution >= 0.6 is 0 Å². The fraction of sp³-hybridized carbons (Fsp3) is 0.325. The SMILES string of the molecule is Cc1ccc2c(n1)C(C)(C)C(C)(C)c1c(-c3cc(C(C)(C)C)ccn3)[c-]ccc1-2.Cc1cnc(-c2[c-]cccc2)cc1C.[Ir]. The molecule has 0 atom stereocenters. The maximum atomic E-state index is 4.98. The third-order valence-electron chi connectivity index (χ3n) is 9.34. The van der Waals surface area contributed by atoms with Gasteiger partial charge in [0.2, 0.25) is 0 Å². The topological polar surface area (TPSA) is 38.7 Å². The van der Waals surface area contributed by atoms with Crippen LogP contribution in [0.3, 0.4) is 0 Å². The van der Waals surface area contributed by atoms with Crippen LogP contribution in [0.5, 0.6) is 0 Å². The van der Waals surface area contributed by atoms with Gasteiger partial charge in [-0.1, -0.05) is 77.8 Å². The zero-order valence-corrected chi connectivity index (χ0v) is 30.1. The number of benzene rings is 2. The molecule has 1 aliphatic rings. The summed E-state index contributed by atoms with van der Waals surface area (Å²) in [5.41, 5.74) is 13.8. The van der Waals surface area contributed by atoms with Gasteiger partial charge in [-0.25, -0.2) is 0 Å². The summed E-state index contributed by atoms with van der Waals surface area (Å²) in [5, 5.41) is 0. The van der Waals surface area contributed by atoms with Crippen LogP contribution in [-0.2, 0) is 36.4 Å². The zero-order valence-electron chi connectivity index (χ0n) is 27.7. The zero-order chi connectivity index (χ0) is 31.2. The summed E-state index contributed by atoms with van der Waals surface area (Å²) in [7, 11) is 0. The Balaban J connectivity index is 0.000000248. The van der Waals surface area contributed by atoms with Gasteiger partial charge in [-0.15, -0.1) is 65.2 Å². The minimum absolute atomic E-state index is 0. The fourth-order valence-corrected chi connectivity index (χ4v) is 5.79. The number of aromatic nitrogens is 3. The molecular weight excluding hydrogens is 715 g/mol. The molecule has 44 heavy (non-hydrogen) atoms. The van der Waals surface area contributed by atoms with E-state index in [-0.39, 0.29) is 36.4 Å². The van der Waals surface area contributed by atoms with Gasteiger partial charge in [0.05, 0.1) is 5.69 Å². The molecule has 0 saturated carbocycles. The molecule has 0 bridgehead atoms. The van der Waals surface area contributed by atoms with Gasteiger partial charge in [-0.2, -0.15) is 0 Å². The van der Waals surface area contributed by atoms with Crippen LogP contribution in [0.4, 0.5) is 0 Å². The molecule has 0 aliphatic heterocycles. The molecule has 0 fully saturated rings. The van der Waals surface area contributed by atoms with E-state index in [2.05, 4.69) is 123 Å². The Kier molecular flexibility index (Phi) is 9.50. The van der Waals surface area contributed by atoms with Crippen LogP contribution in [0.1, 0.15) is 82.1 Å². The molecule has 0 saturated heterocycles. The van der Waals surface area contributed by atoms with Gasteiger partial charge in [0, 0.05) is 43.6 Å². The molecule has 1 aliphatic carbocycles. The van der Waals surface area contributed by atoms with Gasteiger partial charge in [0.25, 0.3) is 0 Å². The minimum atomic E-state index is -0.122. The Morgan fingerprint density at radius 3 is 2.11 bits per heavy atom. The number of fused-ring (bicyclic) bond motifs is 3. The summed E-state index contributed by atoms with van der Waals surface area (Å²) in [4.78, 5) is 14.1. The second kappa shape index (κ2) is 12.5. The number of hydrogen-bond acceptors (Lipinski definition) is 3. The second-order valence-corrected chi connectivity index (χ2v) is 13.8. The summed E-state index contributed by atoms with van der Waals surface area (Å²) in [6.07, 6.45) is 3.84. The van der Waals surface area contributed by atoms with E-state index in [1.807, 2.05) is 42.7 Å². The van der Waals surface area contributed by atoms with E-state index in [0.717, 1.165) is 28.2 Å². The first-order valence-electron chi connectivity index (χ1n) is 15.1. The average molecular weight is 758 g/mol. The molecule has 1 radical (unpaired) electrons. The maximum absolute atomic E-state index is 4.98. The Bertz CT molecular complexity index is 1780. The largest absolute Gasteiger partial charge is 0.305 e. The van der Waals surface area contributed by atoms with Crippen LogP contribution in [0.2, 0.25) is 0 Å². The first kappa shape index (κ1) is 33.4. The van der Waals surface area contributed by atoms with Crippen LogP contribution in [0.15, 0.2) is 79.1 Å². The molecule has 0 N–H and O–H groups in total. The molecule has 5 aromatic rings. The van der Waals surface area contributed by atoms with Crippen molar-refractivity contribution in [1.29, 1.82) is 0 Å². The molecule has 229 valence electrons. The number of rotatable bonds is 2. The first-order valence-corrected chi connectivity index (χ1v) is 15.1. The standard InChI is InChI=1S/C27H31N2.C13H12N.Ir/c1-17-12-13-20-19-10-9-11-21(22-16-18(14-15-28-22)25(2,3)4)23(19)26(5,6)27(7,8)24(20)29-17;1-10-8-13(14-9-11(10)2)12-6-4-3-5-7-12;/h9-10,12-16H,1-8H3;3-6,8-9H,1-2H3;/q2*-1;. The molecule has 2 aromatic carbocycles. The van der Waals surface area contributed by atoms with E-state index in [0.29, 0.717) is 0 Å². The smallest absolute Gasteiger partial charge is 0.0526 e. The van der Waals surface area contributed by atoms with Crippen molar-refractivity contribution in [2.24, 2.45) is 0 Å². The van der Waals surface area contributed by atoms with Gasteiger partial charge >= 0.3 is 0 Å². The summed E-state index contributed by atoms with van der Waals surface area (Å²) >= 11 is 0. The monoisotopic (exact) mass is 758 g/mol. The van der Waals surface area contributed by atoms with Crippen molar-refractivity contribution in [3.63, 3.8) is 0 Å². The number of pyridine rings is 3. The van der Waals surface area contributed by atoms with E-state index >= 15 is 0 Å². The van der Waals surface area contributed by atoms with Gasteiger partial charge in [0.1, 0.15) is 0 Å². The summed E-state index contributed by atoms with van der Waals surface area (Å²) in [6, 6.07) is 29.6. The Morgan fingerprint density at radius 1 is 0.705 bits per heavy atom. The first-order chi connectivity index (χ1) is 20.2. The van der Waals surface area contributed by atoms with Gasteiger partial charge in [0.15, 0.2) is 0 Å². The van der Waals surface area contributed by atoms with Crippen LogP contribution in [0, 0.1) is 32.9 Å². The molecule has 3 heterocycles. The molecular formula is C40H43IrN3-2. The minimum Gasteiger partial charge on any atom is -0.305 e. The number of nitrogens with zero attached hydrogens (tertiary/aromatic N) is 3. The molecule has 0 amide bonds. The van der Waals surface area contributed by atoms with E-state index in [4.69, 9.17) is 9.97 Å². The second-order valence-electron chi connectivity index (χ2n) is 13.8. The van der Waals surface area contributed by atoms with Crippen molar-refractivity contribution in [3.8, 4) is 33.6 Å². The van der Waals surface area contributed by atoms with Crippen molar-refractivity contribution >= 4 is 0 Å². The predicted molar refractivity (Wildman–Crippen MR) is 179 cm³/mol. The number of aryl methyl sites for hydroxylation is 3. The third kappa shape index (κ3) is 6.21. The van der Waals surface area contributed by atoms with Crippen LogP contribution < -0.4 is 0 Å². The molecule has 4 heteroatoms. The van der Waals surface area contributed by atoms with E-state index in [9.17, 15) is 0 Å². The van der Waals surface area contributed by atoms with Gasteiger partial charge < -0.3 is 9.97 Å². The van der Waals surface area contributed by atoms with Crippen molar-refractivity contribution in [2.45, 2.75) is 85.5 Å². The normalized spacial score (nSPS) is 14.3. The van der Waals surface area contributed by atoms with Crippen molar-refractivity contribution in [1.82, 2.24) is 15.0 Å². The fourth-order valence-electron chi connectivity index (χ4n) is 5.79. The summed E-state index contributed by atoms with van der Waals surface area (Å²) in [6.45, 7) is 22.3. The predicted octanol–water partition coefficient (Wildman–Crippen LogP) is 9.95. The Labute approximate surface area is 278 Å².